The van der Waals surface area contributed by atoms with Gasteiger partial charge in [0, 0.05) is 0 Å². The Bertz CT molecular complexity index is 488. The zero-order valence-corrected chi connectivity index (χ0v) is 26.0. The van der Waals surface area contributed by atoms with Crippen molar-refractivity contribution >= 4 is 6.16 Å². The van der Waals surface area contributed by atoms with Gasteiger partial charge in [0.1, 0.15) is 0 Å². The van der Waals surface area contributed by atoms with Crippen LogP contribution in [0.3, 0.4) is 0 Å². The summed E-state index contributed by atoms with van der Waals surface area (Å²) in [5, 5.41) is 8.42. The van der Waals surface area contributed by atoms with Gasteiger partial charge in [-0.1, -0.05) is 174 Å². The van der Waals surface area contributed by atoms with Gasteiger partial charge in [-0.2, -0.15) is 0 Å². The predicted octanol–water partition coefficient (Wildman–Crippen LogP) is 12.8. The Morgan fingerprint density at radius 3 is 1.29 bits per heavy atom. The van der Waals surface area contributed by atoms with Crippen LogP contribution in [0.2, 0.25) is 0 Å². The fraction of sp³-hybridized carbons (Fsp3) is 0.914. The quantitative estimate of drug-likeness (QED) is 0.0544. The summed E-state index contributed by atoms with van der Waals surface area (Å²) < 4.78 is 4.52. The van der Waals surface area contributed by atoms with E-state index in [1.807, 2.05) is 0 Å². The highest BCUT2D eigenvalue weighted by Gasteiger charge is 2.08. The molecular weight excluding hydrogens is 468 g/mol. The highest BCUT2D eigenvalue weighted by atomic mass is 16.7. The standard InChI is InChI=1S/C35H68O3/c1-3-5-7-9-23-27-31-34(30-26-8-6-4-2)32-28-24-21-19-17-15-13-11-10-12-14-16-18-20-22-25-29-33-38-35(36)37/h10,12,34H,3-9,11,13-33H2,1-2H3,(H,36,37)/b12-10-. The number of unbranched alkanes of at least 4 members (excludes halogenated alkanes) is 21. The SMILES string of the molecule is CCCCCCCCC(CCCCCC)CCCCCCCCC/C=C\CCCCCCCCOC(=O)O. The summed E-state index contributed by atoms with van der Waals surface area (Å²) in [6.45, 7) is 4.98. The maximum Gasteiger partial charge on any atom is 0.505 e. The molecule has 1 unspecified atom stereocenters. The molecule has 0 aromatic rings. The molecule has 0 aliphatic heterocycles. The van der Waals surface area contributed by atoms with Crippen molar-refractivity contribution in [3.63, 3.8) is 0 Å². The molecule has 0 saturated carbocycles. The lowest BCUT2D eigenvalue weighted by Gasteiger charge is -2.17. The molecule has 0 heterocycles. The smallest absolute Gasteiger partial charge is 0.450 e. The Kier molecular flexibility index (Phi) is 31.4. The number of rotatable bonds is 31. The van der Waals surface area contributed by atoms with Crippen molar-refractivity contribution in [2.45, 2.75) is 194 Å². The Morgan fingerprint density at radius 2 is 0.868 bits per heavy atom. The second kappa shape index (κ2) is 32.2. The van der Waals surface area contributed by atoms with Crippen molar-refractivity contribution in [1.29, 1.82) is 0 Å². The minimum atomic E-state index is -1.15. The fourth-order valence-electron chi connectivity index (χ4n) is 5.55. The van der Waals surface area contributed by atoms with Crippen LogP contribution in [0, 0.1) is 5.92 Å². The zero-order chi connectivity index (χ0) is 27.8. The number of allylic oxidation sites excluding steroid dienone is 2. The van der Waals surface area contributed by atoms with Crippen LogP contribution in [0.4, 0.5) is 4.79 Å². The summed E-state index contributed by atoms with van der Waals surface area (Å²) in [7, 11) is 0. The molecule has 3 nitrogen and oxygen atoms in total. The third-order valence-corrected chi connectivity index (χ3v) is 8.07. The van der Waals surface area contributed by atoms with Gasteiger partial charge in [0.25, 0.3) is 0 Å². The van der Waals surface area contributed by atoms with Crippen molar-refractivity contribution in [2.24, 2.45) is 5.92 Å². The topological polar surface area (TPSA) is 46.5 Å². The molecule has 38 heavy (non-hydrogen) atoms. The first kappa shape index (κ1) is 37.0. The van der Waals surface area contributed by atoms with Gasteiger partial charge in [-0.25, -0.2) is 4.79 Å². The minimum absolute atomic E-state index is 0.344. The van der Waals surface area contributed by atoms with Crippen molar-refractivity contribution in [2.75, 3.05) is 6.61 Å². The van der Waals surface area contributed by atoms with Crippen LogP contribution in [0.5, 0.6) is 0 Å². The molecule has 0 bridgehead atoms. The first-order valence-corrected chi connectivity index (χ1v) is 17.2. The summed E-state index contributed by atoms with van der Waals surface area (Å²) in [6, 6.07) is 0. The third-order valence-electron chi connectivity index (χ3n) is 8.07. The molecule has 0 rings (SSSR count). The van der Waals surface area contributed by atoms with E-state index in [1.54, 1.807) is 0 Å². The van der Waals surface area contributed by atoms with E-state index >= 15 is 0 Å². The number of carboxylic acid groups (broad SMARTS) is 1. The van der Waals surface area contributed by atoms with Gasteiger partial charge in [0.2, 0.25) is 0 Å². The number of ether oxygens (including phenoxy) is 1. The first-order valence-electron chi connectivity index (χ1n) is 17.2. The monoisotopic (exact) mass is 537 g/mol. The van der Waals surface area contributed by atoms with Crippen LogP contribution in [-0.4, -0.2) is 17.9 Å². The molecule has 0 radical (unpaired) electrons. The second-order valence-corrected chi connectivity index (χ2v) is 11.8. The van der Waals surface area contributed by atoms with Crippen molar-refractivity contribution in [3.8, 4) is 0 Å². The molecule has 0 amide bonds. The zero-order valence-electron chi connectivity index (χ0n) is 26.0. The van der Waals surface area contributed by atoms with E-state index in [0.29, 0.717) is 6.61 Å². The molecule has 0 saturated heterocycles. The molecular formula is C35H68O3. The molecule has 0 aromatic carbocycles. The van der Waals surface area contributed by atoms with Crippen molar-refractivity contribution in [3.05, 3.63) is 12.2 Å². The molecule has 1 atom stereocenters. The van der Waals surface area contributed by atoms with E-state index < -0.39 is 6.16 Å². The Balaban J connectivity index is 3.53. The first-order chi connectivity index (χ1) is 18.7. The van der Waals surface area contributed by atoms with Gasteiger partial charge < -0.3 is 9.84 Å². The van der Waals surface area contributed by atoms with Gasteiger partial charge in [-0.05, 0) is 38.0 Å². The van der Waals surface area contributed by atoms with E-state index in [0.717, 1.165) is 18.8 Å². The molecule has 3 heteroatoms. The van der Waals surface area contributed by atoms with E-state index in [9.17, 15) is 4.79 Å². The minimum Gasteiger partial charge on any atom is -0.450 e. The Morgan fingerprint density at radius 1 is 0.526 bits per heavy atom. The highest BCUT2D eigenvalue weighted by Crippen LogP contribution is 2.24. The lowest BCUT2D eigenvalue weighted by Crippen LogP contribution is -2.01. The van der Waals surface area contributed by atoms with Gasteiger partial charge in [0.05, 0.1) is 6.61 Å². The number of hydrogen-bond donors (Lipinski definition) is 1. The molecule has 0 aliphatic rings. The lowest BCUT2D eigenvalue weighted by molar-refractivity contribution is 0.0899. The lowest BCUT2D eigenvalue weighted by atomic mass is 9.89. The summed E-state index contributed by atoms with van der Waals surface area (Å²) in [5.41, 5.74) is 0. The van der Waals surface area contributed by atoms with E-state index in [4.69, 9.17) is 5.11 Å². The van der Waals surface area contributed by atoms with Crippen LogP contribution < -0.4 is 0 Å². The van der Waals surface area contributed by atoms with E-state index in [1.165, 1.54) is 167 Å². The van der Waals surface area contributed by atoms with Crippen LogP contribution in [0.25, 0.3) is 0 Å². The largest absolute Gasteiger partial charge is 0.505 e. The normalized spacial score (nSPS) is 12.4. The maximum absolute atomic E-state index is 10.3. The average Bonchev–Trinajstić information content (AvgIpc) is 2.91. The third kappa shape index (κ3) is 31.2. The summed E-state index contributed by atoms with van der Waals surface area (Å²) in [4.78, 5) is 10.3. The Labute approximate surface area is 239 Å². The van der Waals surface area contributed by atoms with Crippen LogP contribution >= 0.6 is 0 Å². The summed E-state index contributed by atoms with van der Waals surface area (Å²) in [6.07, 6.45) is 41.8. The van der Waals surface area contributed by atoms with E-state index in [-0.39, 0.29) is 0 Å². The van der Waals surface area contributed by atoms with E-state index in [2.05, 4.69) is 30.7 Å². The summed E-state index contributed by atoms with van der Waals surface area (Å²) in [5.74, 6) is 1.01. The van der Waals surface area contributed by atoms with Gasteiger partial charge in [0.15, 0.2) is 0 Å². The van der Waals surface area contributed by atoms with Crippen LogP contribution in [0.15, 0.2) is 12.2 Å². The number of carbonyl (C=O) groups is 1. The highest BCUT2D eigenvalue weighted by molar-refractivity contribution is 5.56. The van der Waals surface area contributed by atoms with Crippen molar-refractivity contribution in [1.82, 2.24) is 0 Å². The fourth-order valence-corrected chi connectivity index (χ4v) is 5.55. The average molecular weight is 537 g/mol. The van der Waals surface area contributed by atoms with Gasteiger partial charge in [-0.15, -0.1) is 0 Å². The second-order valence-electron chi connectivity index (χ2n) is 11.8. The van der Waals surface area contributed by atoms with Crippen LogP contribution in [-0.2, 0) is 4.74 Å². The summed E-state index contributed by atoms with van der Waals surface area (Å²) >= 11 is 0. The van der Waals surface area contributed by atoms with Gasteiger partial charge >= 0.3 is 6.16 Å². The van der Waals surface area contributed by atoms with Crippen LogP contribution in [0.1, 0.15) is 194 Å². The predicted molar refractivity (Wildman–Crippen MR) is 167 cm³/mol. The van der Waals surface area contributed by atoms with Crippen molar-refractivity contribution < 1.29 is 14.6 Å². The Hall–Kier alpha value is -0.990. The maximum atomic E-state index is 10.3. The molecule has 0 aromatic heterocycles. The molecule has 0 spiro atoms. The molecule has 226 valence electrons. The molecule has 0 aliphatic carbocycles. The molecule has 1 N–H and O–H groups in total. The molecule has 0 fully saturated rings. The van der Waals surface area contributed by atoms with Gasteiger partial charge in [-0.3, -0.25) is 0 Å². The number of hydrogen-bond acceptors (Lipinski definition) is 2.